The highest BCUT2D eigenvalue weighted by Gasteiger charge is 2.34. The number of rotatable bonds is 7. The lowest BCUT2D eigenvalue weighted by atomic mass is 9.87. The average Bonchev–Trinajstić information content (AvgIpc) is 3.24. The Morgan fingerprint density at radius 2 is 1.85 bits per heavy atom. The summed E-state index contributed by atoms with van der Waals surface area (Å²) in [7, 11) is 1.54. The number of methoxy groups -OCH3 is 1. The molecule has 1 aromatic heterocycles. The van der Waals surface area contributed by atoms with E-state index in [1.807, 2.05) is 36.4 Å². The summed E-state index contributed by atoms with van der Waals surface area (Å²) in [6.45, 7) is 0.322. The Morgan fingerprint density at radius 3 is 2.56 bits per heavy atom. The first-order valence-electron chi connectivity index (χ1n) is 10.6. The maximum absolute atomic E-state index is 13.6. The van der Waals surface area contributed by atoms with Crippen LogP contribution in [0.3, 0.4) is 0 Å². The number of hydrogen-bond donors (Lipinski definition) is 2. The molecule has 0 saturated carbocycles. The van der Waals surface area contributed by atoms with Gasteiger partial charge in [-0.3, -0.25) is 4.79 Å². The van der Waals surface area contributed by atoms with Crippen molar-refractivity contribution in [2.75, 3.05) is 7.11 Å². The van der Waals surface area contributed by atoms with E-state index in [-0.39, 0.29) is 17.4 Å². The van der Waals surface area contributed by atoms with Gasteiger partial charge in [0.05, 0.1) is 17.7 Å². The predicted octanol–water partition coefficient (Wildman–Crippen LogP) is 6.69. The number of amides is 1. The number of aromatic nitrogens is 1. The van der Waals surface area contributed by atoms with Gasteiger partial charge < -0.3 is 15.0 Å². The van der Waals surface area contributed by atoms with Crippen LogP contribution in [0.5, 0.6) is 5.75 Å². The zero-order valence-electron chi connectivity index (χ0n) is 18.2. The maximum Gasteiger partial charge on any atom is 0.417 e. The molecule has 0 unspecified atom stereocenters. The van der Waals surface area contributed by atoms with Crippen molar-refractivity contribution in [1.82, 2.24) is 10.3 Å². The van der Waals surface area contributed by atoms with E-state index in [4.69, 9.17) is 16.3 Å². The van der Waals surface area contributed by atoms with Crippen LogP contribution in [-0.4, -0.2) is 18.0 Å². The van der Waals surface area contributed by atoms with Crippen LogP contribution in [0, 0.1) is 0 Å². The molecule has 0 aliphatic heterocycles. The summed E-state index contributed by atoms with van der Waals surface area (Å²) in [5, 5.41) is 3.25. The lowest BCUT2D eigenvalue weighted by molar-refractivity contribution is -0.137. The monoisotopic (exact) mass is 486 g/mol. The van der Waals surface area contributed by atoms with E-state index in [9.17, 15) is 18.0 Å². The van der Waals surface area contributed by atoms with E-state index in [2.05, 4.69) is 10.3 Å². The number of ether oxygens (including phenoxy) is 1. The van der Waals surface area contributed by atoms with Gasteiger partial charge in [0.1, 0.15) is 5.75 Å². The van der Waals surface area contributed by atoms with Gasteiger partial charge in [0, 0.05) is 36.0 Å². The number of alkyl halides is 3. The standard InChI is InChI=1S/C26H22ClF3N2O2/c1-34-18-8-10-24-20(12-18)21(15-31-24)19(13-25(33)32-14-16-5-3-2-4-6-16)17-7-9-23(27)22(11-17)26(28,29)30/h2-12,15,19,31H,13-14H2,1H3,(H,32,33)/t19-/m0/s1. The van der Waals surface area contributed by atoms with Crippen molar-refractivity contribution in [3.05, 3.63) is 100 Å². The van der Waals surface area contributed by atoms with E-state index in [0.29, 0.717) is 23.4 Å². The first-order chi connectivity index (χ1) is 16.3. The van der Waals surface area contributed by atoms with Crippen LogP contribution in [0.1, 0.15) is 34.6 Å². The Labute approximate surface area is 199 Å². The summed E-state index contributed by atoms with van der Waals surface area (Å²) in [4.78, 5) is 16.1. The molecule has 1 heterocycles. The second-order valence-corrected chi connectivity index (χ2v) is 8.32. The Hall–Kier alpha value is -3.45. The number of nitrogens with one attached hydrogen (secondary N) is 2. The van der Waals surface area contributed by atoms with Crippen LogP contribution < -0.4 is 10.1 Å². The van der Waals surface area contributed by atoms with E-state index in [1.54, 1.807) is 18.3 Å². The topological polar surface area (TPSA) is 54.1 Å². The first kappa shape index (κ1) is 23.7. The summed E-state index contributed by atoms with van der Waals surface area (Å²) in [6.07, 6.45) is -2.94. The van der Waals surface area contributed by atoms with Gasteiger partial charge in [-0.2, -0.15) is 13.2 Å². The second-order valence-electron chi connectivity index (χ2n) is 7.91. The molecule has 3 aromatic carbocycles. The van der Waals surface area contributed by atoms with Crippen molar-refractivity contribution >= 4 is 28.4 Å². The second kappa shape index (κ2) is 9.81. The summed E-state index contributed by atoms with van der Waals surface area (Å²) >= 11 is 5.85. The third-order valence-corrected chi connectivity index (χ3v) is 6.05. The Kier molecular flexibility index (Phi) is 6.84. The molecule has 4 nitrogen and oxygen atoms in total. The van der Waals surface area contributed by atoms with E-state index < -0.39 is 17.7 Å². The van der Waals surface area contributed by atoms with Crippen molar-refractivity contribution in [1.29, 1.82) is 0 Å². The number of halogens is 4. The third kappa shape index (κ3) is 5.20. The van der Waals surface area contributed by atoms with Gasteiger partial charge in [0.25, 0.3) is 0 Å². The number of aromatic amines is 1. The molecule has 4 aromatic rings. The highest BCUT2D eigenvalue weighted by atomic mass is 35.5. The molecular formula is C26H22ClF3N2O2. The van der Waals surface area contributed by atoms with Crippen LogP contribution >= 0.6 is 11.6 Å². The molecule has 4 rings (SSSR count). The lowest BCUT2D eigenvalue weighted by Crippen LogP contribution is -2.25. The summed E-state index contributed by atoms with van der Waals surface area (Å²) in [6, 6.07) is 18.6. The molecule has 34 heavy (non-hydrogen) atoms. The minimum atomic E-state index is -4.61. The van der Waals surface area contributed by atoms with E-state index in [0.717, 1.165) is 22.5 Å². The average molecular weight is 487 g/mol. The number of benzene rings is 3. The Balaban J connectivity index is 1.72. The quantitative estimate of drug-likeness (QED) is 0.306. The van der Waals surface area contributed by atoms with E-state index >= 15 is 0 Å². The third-order valence-electron chi connectivity index (χ3n) is 5.72. The number of H-pyrrole nitrogens is 1. The largest absolute Gasteiger partial charge is 0.497 e. The normalized spacial score (nSPS) is 12.5. The van der Waals surface area contributed by atoms with Gasteiger partial charge in [-0.25, -0.2) is 0 Å². The molecule has 2 N–H and O–H groups in total. The maximum atomic E-state index is 13.6. The molecule has 1 amide bonds. The van der Waals surface area contributed by atoms with Crippen LogP contribution in [0.2, 0.25) is 5.02 Å². The first-order valence-corrected chi connectivity index (χ1v) is 11.0. The minimum absolute atomic E-state index is 0.0457. The number of carbonyl (C=O) groups excluding carboxylic acids is 1. The highest BCUT2D eigenvalue weighted by molar-refractivity contribution is 6.31. The molecule has 0 aliphatic rings. The molecule has 0 aliphatic carbocycles. The minimum Gasteiger partial charge on any atom is -0.497 e. The summed E-state index contributed by atoms with van der Waals surface area (Å²) < 4.78 is 46.0. The lowest BCUT2D eigenvalue weighted by Gasteiger charge is -2.19. The summed E-state index contributed by atoms with van der Waals surface area (Å²) in [5.74, 6) is -0.322. The number of hydrogen-bond acceptors (Lipinski definition) is 2. The van der Waals surface area contributed by atoms with Gasteiger partial charge in [0.2, 0.25) is 5.91 Å². The molecular weight excluding hydrogens is 465 g/mol. The fourth-order valence-corrected chi connectivity index (χ4v) is 4.20. The zero-order chi connectivity index (χ0) is 24.3. The molecule has 176 valence electrons. The van der Waals surface area contributed by atoms with Gasteiger partial charge in [-0.1, -0.05) is 48.0 Å². The van der Waals surface area contributed by atoms with Crippen molar-refractivity contribution in [2.45, 2.75) is 25.1 Å². The summed E-state index contributed by atoms with van der Waals surface area (Å²) in [5.41, 5.74) is 1.82. The van der Waals surface area contributed by atoms with Crippen LogP contribution in [0.25, 0.3) is 10.9 Å². The van der Waals surface area contributed by atoms with Crippen LogP contribution in [-0.2, 0) is 17.5 Å². The molecule has 0 saturated heterocycles. The van der Waals surface area contributed by atoms with Gasteiger partial charge in [0.15, 0.2) is 0 Å². The zero-order valence-corrected chi connectivity index (χ0v) is 19.0. The Morgan fingerprint density at radius 1 is 1.09 bits per heavy atom. The number of fused-ring (bicyclic) bond motifs is 1. The van der Waals surface area contributed by atoms with Crippen molar-refractivity contribution in [3.8, 4) is 5.75 Å². The molecule has 1 atom stereocenters. The SMILES string of the molecule is COc1ccc2[nH]cc([C@@H](CC(=O)NCc3ccccc3)c3ccc(Cl)c(C(F)(F)F)c3)c2c1. The fourth-order valence-electron chi connectivity index (χ4n) is 3.97. The molecule has 0 bridgehead atoms. The van der Waals surface area contributed by atoms with Crippen LogP contribution in [0.15, 0.2) is 72.9 Å². The fraction of sp³-hybridized carbons (Fsp3) is 0.192. The van der Waals surface area contributed by atoms with Gasteiger partial charge in [-0.05, 0) is 47.0 Å². The molecule has 0 fully saturated rings. The van der Waals surface area contributed by atoms with Gasteiger partial charge >= 0.3 is 6.18 Å². The Bertz CT molecular complexity index is 1300. The molecule has 0 radical (unpaired) electrons. The van der Waals surface area contributed by atoms with Crippen molar-refractivity contribution in [2.24, 2.45) is 0 Å². The van der Waals surface area contributed by atoms with E-state index in [1.165, 1.54) is 19.2 Å². The van der Waals surface area contributed by atoms with Gasteiger partial charge in [-0.15, -0.1) is 0 Å². The number of carbonyl (C=O) groups is 1. The smallest absolute Gasteiger partial charge is 0.417 e. The van der Waals surface area contributed by atoms with Crippen LogP contribution in [0.4, 0.5) is 13.2 Å². The predicted molar refractivity (Wildman–Crippen MR) is 126 cm³/mol. The molecule has 0 spiro atoms. The molecule has 8 heteroatoms. The highest BCUT2D eigenvalue weighted by Crippen LogP contribution is 2.40. The van der Waals surface area contributed by atoms with Crippen molar-refractivity contribution < 1.29 is 22.7 Å². The van der Waals surface area contributed by atoms with Crippen molar-refractivity contribution in [3.63, 3.8) is 0 Å².